The highest BCUT2D eigenvalue weighted by Crippen LogP contribution is 2.20. The predicted octanol–water partition coefficient (Wildman–Crippen LogP) is 2.90. The lowest BCUT2D eigenvalue weighted by Crippen LogP contribution is -2.27. The molecule has 0 aliphatic rings. The number of hydrogen-bond donors (Lipinski definition) is 0. The fraction of sp³-hybridized carbons (Fsp3) is 0.118. The number of nitrogens with zero attached hydrogens (tertiary/aromatic N) is 3. The maximum Gasteiger partial charge on any atom is 0.274 e. The zero-order chi connectivity index (χ0) is 14.7. The van der Waals surface area contributed by atoms with Crippen molar-refractivity contribution in [2.75, 3.05) is 7.05 Å². The molecule has 0 bridgehead atoms. The molecule has 1 heterocycles. The van der Waals surface area contributed by atoms with Crippen LogP contribution in [-0.2, 0) is 6.54 Å². The summed E-state index contributed by atoms with van der Waals surface area (Å²) in [7, 11) is 1.78. The highest BCUT2D eigenvalue weighted by molar-refractivity contribution is 5.92. The van der Waals surface area contributed by atoms with E-state index in [1.165, 1.54) is 23.2 Å². The van der Waals surface area contributed by atoms with Crippen LogP contribution in [-0.4, -0.2) is 27.8 Å². The van der Waals surface area contributed by atoms with Crippen LogP contribution >= 0.6 is 0 Å². The van der Waals surface area contributed by atoms with Crippen molar-refractivity contribution in [3.05, 3.63) is 72.3 Å². The van der Waals surface area contributed by atoms with Crippen molar-refractivity contribution in [2.45, 2.75) is 6.54 Å². The molecule has 0 aliphatic heterocycles. The summed E-state index contributed by atoms with van der Waals surface area (Å²) in [5.41, 5.74) is 1.48. The molecule has 1 aromatic heterocycles. The Morgan fingerprint density at radius 3 is 2.71 bits per heavy atom. The lowest BCUT2D eigenvalue weighted by Gasteiger charge is -2.17. The molecule has 21 heavy (non-hydrogen) atoms. The molecule has 0 spiro atoms. The zero-order valence-corrected chi connectivity index (χ0v) is 11.7. The van der Waals surface area contributed by atoms with Gasteiger partial charge in [-0.05, 0) is 16.3 Å². The first-order valence-corrected chi connectivity index (χ1v) is 6.74. The molecule has 0 saturated heterocycles. The number of amides is 1. The Bertz CT molecular complexity index is 766. The maximum absolute atomic E-state index is 12.3. The van der Waals surface area contributed by atoms with Gasteiger partial charge < -0.3 is 4.90 Å². The number of carbonyl (C=O) groups is 1. The summed E-state index contributed by atoms with van der Waals surface area (Å²) in [6, 6.07) is 14.3. The van der Waals surface area contributed by atoms with Crippen molar-refractivity contribution in [3.8, 4) is 0 Å². The molecule has 0 radical (unpaired) electrons. The molecular formula is C17H15N3O. The van der Waals surface area contributed by atoms with Crippen LogP contribution in [0.3, 0.4) is 0 Å². The van der Waals surface area contributed by atoms with Gasteiger partial charge in [0.05, 0.1) is 6.20 Å². The third-order valence-corrected chi connectivity index (χ3v) is 3.42. The standard InChI is InChI=1S/C17H15N3O/c1-20(17(21)16-11-18-9-10-19-16)12-14-7-4-6-13-5-2-3-8-15(13)14/h2-11H,12H2,1H3. The first-order valence-electron chi connectivity index (χ1n) is 6.74. The number of fused-ring (bicyclic) bond motifs is 1. The first-order chi connectivity index (χ1) is 10.3. The molecule has 4 heteroatoms. The van der Waals surface area contributed by atoms with Crippen LogP contribution in [0.15, 0.2) is 61.1 Å². The molecule has 0 atom stereocenters. The van der Waals surface area contributed by atoms with Gasteiger partial charge >= 0.3 is 0 Å². The van der Waals surface area contributed by atoms with Gasteiger partial charge in [0.15, 0.2) is 0 Å². The summed E-state index contributed by atoms with van der Waals surface area (Å²) >= 11 is 0. The Hall–Kier alpha value is -2.75. The van der Waals surface area contributed by atoms with Gasteiger partial charge in [0.25, 0.3) is 5.91 Å². The van der Waals surface area contributed by atoms with Gasteiger partial charge in [-0.15, -0.1) is 0 Å². The van der Waals surface area contributed by atoms with E-state index in [0.717, 1.165) is 5.56 Å². The second-order valence-corrected chi connectivity index (χ2v) is 4.89. The second-order valence-electron chi connectivity index (χ2n) is 4.89. The van der Waals surface area contributed by atoms with Crippen molar-refractivity contribution < 1.29 is 4.79 Å². The minimum Gasteiger partial charge on any atom is -0.336 e. The van der Waals surface area contributed by atoms with Crippen LogP contribution in [0.2, 0.25) is 0 Å². The van der Waals surface area contributed by atoms with Crippen LogP contribution < -0.4 is 0 Å². The smallest absolute Gasteiger partial charge is 0.274 e. The number of hydrogen-bond acceptors (Lipinski definition) is 3. The molecular weight excluding hydrogens is 262 g/mol. The maximum atomic E-state index is 12.3. The van der Waals surface area contributed by atoms with Gasteiger partial charge in [0, 0.05) is 26.0 Å². The summed E-state index contributed by atoms with van der Waals surface area (Å²) in [5, 5.41) is 2.34. The normalized spacial score (nSPS) is 10.5. The quantitative estimate of drug-likeness (QED) is 0.739. The van der Waals surface area contributed by atoms with E-state index in [1.807, 2.05) is 24.3 Å². The first kappa shape index (κ1) is 13.2. The third-order valence-electron chi connectivity index (χ3n) is 3.42. The van der Waals surface area contributed by atoms with E-state index in [9.17, 15) is 4.79 Å². The van der Waals surface area contributed by atoms with Crippen LogP contribution in [0.5, 0.6) is 0 Å². The molecule has 4 nitrogen and oxygen atoms in total. The SMILES string of the molecule is CN(Cc1cccc2ccccc12)C(=O)c1cnccn1. The highest BCUT2D eigenvalue weighted by Gasteiger charge is 2.14. The lowest BCUT2D eigenvalue weighted by molar-refractivity contribution is 0.0779. The van der Waals surface area contributed by atoms with Crippen molar-refractivity contribution in [1.82, 2.24) is 14.9 Å². The second kappa shape index (κ2) is 5.71. The summed E-state index contributed by atoms with van der Waals surface area (Å²) in [6.07, 6.45) is 4.57. The molecule has 3 aromatic rings. The minimum absolute atomic E-state index is 0.129. The summed E-state index contributed by atoms with van der Waals surface area (Å²) in [4.78, 5) is 22.0. The topological polar surface area (TPSA) is 46.1 Å². The van der Waals surface area contributed by atoms with Crippen molar-refractivity contribution in [3.63, 3.8) is 0 Å². The predicted molar refractivity (Wildman–Crippen MR) is 81.8 cm³/mol. The Morgan fingerprint density at radius 1 is 1.10 bits per heavy atom. The fourth-order valence-corrected chi connectivity index (χ4v) is 2.36. The van der Waals surface area contributed by atoms with Crippen LogP contribution in [0.4, 0.5) is 0 Å². The van der Waals surface area contributed by atoms with E-state index in [1.54, 1.807) is 18.1 Å². The van der Waals surface area contributed by atoms with E-state index >= 15 is 0 Å². The zero-order valence-electron chi connectivity index (χ0n) is 11.7. The van der Waals surface area contributed by atoms with Gasteiger partial charge in [-0.1, -0.05) is 42.5 Å². The van der Waals surface area contributed by atoms with Crippen molar-refractivity contribution in [2.24, 2.45) is 0 Å². The van der Waals surface area contributed by atoms with Crippen LogP contribution in [0, 0.1) is 0 Å². The van der Waals surface area contributed by atoms with E-state index in [2.05, 4.69) is 28.2 Å². The van der Waals surface area contributed by atoms with Crippen LogP contribution in [0.1, 0.15) is 16.1 Å². The monoisotopic (exact) mass is 277 g/mol. The van der Waals surface area contributed by atoms with Gasteiger partial charge in [0.1, 0.15) is 5.69 Å². The van der Waals surface area contributed by atoms with E-state index in [0.29, 0.717) is 12.2 Å². The largest absolute Gasteiger partial charge is 0.336 e. The van der Waals surface area contributed by atoms with Gasteiger partial charge in [0.2, 0.25) is 0 Å². The van der Waals surface area contributed by atoms with E-state index in [4.69, 9.17) is 0 Å². The fourth-order valence-electron chi connectivity index (χ4n) is 2.36. The molecule has 0 N–H and O–H groups in total. The van der Waals surface area contributed by atoms with Crippen LogP contribution in [0.25, 0.3) is 10.8 Å². The summed E-state index contributed by atoms with van der Waals surface area (Å²) in [5.74, 6) is -0.129. The minimum atomic E-state index is -0.129. The van der Waals surface area contributed by atoms with Gasteiger partial charge in [-0.3, -0.25) is 9.78 Å². The number of benzene rings is 2. The molecule has 2 aromatic carbocycles. The average molecular weight is 277 g/mol. The lowest BCUT2D eigenvalue weighted by atomic mass is 10.0. The van der Waals surface area contributed by atoms with Crippen molar-refractivity contribution in [1.29, 1.82) is 0 Å². The van der Waals surface area contributed by atoms with Crippen molar-refractivity contribution >= 4 is 16.7 Å². The Labute approximate surface area is 123 Å². The Balaban J connectivity index is 1.87. The number of aromatic nitrogens is 2. The Kier molecular flexibility index (Phi) is 3.60. The molecule has 104 valence electrons. The van der Waals surface area contributed by atoms with Gasteiger partial charge in [-0.25, -0.2) is 4.98 Å². The molecule has 0 unspecified atom stereocenters. The average Bonchev–Trinajstić information content (AvgIpc) is 2.55. The third kappa shape index (κ3) is 2.74. The van der Waals surface area contributed by atoms with Gasteiger partial charge in [-0.2, -0.15) is 0 Å². The molecule has 1 amide bonds. The molecule has 0 saturated carbocycles. The van der Waals surface area contributed by atoms with E-state index in [-0.39, 0.29) is 5.91 Å². The summed E-state index contributed by atoms with van der Waals surface area (Å²) < 4.78 is 0. The van der Waals surface area contributed by atoms with E-state index < -0.39 is 0 Å². The number of carbonyl (C=O) groups excluding carboxylic acids is 1. The summed E-state index contributed by atoms with van der Waals surface area (Å²) in [6.45, 7) is 0.538. The Morgan fingerprint density at radius 2 is 1.90 bits per heavy atom. The number of rotatable bonds is 3. The highest BCUT2D eigenvalue weighted by atomic mass is 16.2. The molecule has 0 aliphatic carbocycles. The molecule has 3 rings (SSSR count). The molecule has 0 fully saturated rings.